The average Bonchev–Trinajstić information content (AvgIpc) is 3.53. The fourth-order valence-electron chi connectivity index (χ4n) is 9.43. The minimum Gasteiger partial charge on any atom is -0.238 e. The standard InChI is InChI=1S/C53H33N3/c1-29-8-6-9-30(2)52(29)41-18-19-42-48-26-51-49(25-47(48)40-11-7-10-39(41)53(40)42)45(37-16-13-34(28-55)21-32(37)4)23-46-38-17-14-35(56-5)22-43(38)44(24-50(46)51)36-15-12-33(27-54)20-31(36)3/h6-26H,1-4H3. The van der Waals surface area contributed by atoms with Gasteiger partial charge in [0.15, 0.2) is 5.69 Å². The van der Waals surface area contributed by atoms with Crippen LogP contribution in [-0.2, 0) is 0 Å². The highest BCUT2D eigenvalue weighted by molar-refractivity contribution is 6.28. The molecule has 0 saturated carbocycles. The van der Waals surface area contributed by atoms with E-state index in [9.17, 15) is 10.5 Å². The molecular formula is C53H33N3. The van der Waals surface area contributed by atoms with E-state index in [0.29, 0.717) is 16.8 Å². The lowest BCUT2D eigenvalue weighted by Crippen LogP contribution is -1.93. The number of benzene rings is 9. The summed E-state index contributed by atoms with van der Waals surface area (Å²) in [5, 5.41) is 28.6. The summed E-state index contributed by atoms with van der Waals surface area (Å²) in [6.07, 6.45) is 0. The van der Waals surface area contributed by atoms with Crippen LogP contribution < -0.4 is 0 Å². The van der Waals surface area contributed by atoms with Gasteiger partial charge in [0.1, 0.15) is 0 Å². The lowest BCUT2D eigenvalue weighted by atomic mass is 9.84. The van der Waals surface area contributed by atoms with Crippen LogP contribution in [0.15, 0.2) is 127 Å². The Labute approximate surface area is 325 Å². The number of nitriles is 2. The molecular weight excluding hydrogens is 679 g/mol. The fourth-order valence-corrected chi connectivity index (χ4v) is 9.43. The van der Waals surface area contributed by atoms with Gasteiger partial charge in [0.2, 0.25) is 0 Å². The van der Waals surface area contributed by atoms with Crippen molar-refractivity contribution in [1.29, 1.82) is 10.5 Å². The maximum atomic E-state index is 9.77. The van der Waals surface area contributed by atoms with Gasteiger partial charge in [0.05, 0.1) is 29.8 Å². The number of fused-ring (bicyclic) bond motifs is 8. The van der Waals surface area contributed by atoms with Crippen molar-refractivity contribution in [2.24, 2.45) is 0 Å². The van der Waals surface area contributed by atoms with Gasteiger partial charge in [0.25, 0.3) is 0 Å². The maximum absolute atomic E-state index is 9.77. The Morgan fingerprint density at radius 1 is 0.393 bits per heavy atom. The molecule has 10 rings (SSSR count). The van der Waals surface area contributed by atoms with E-state index in [1.165, 1.54) is 55.3 Å². The smallest absolute Gasteiger partial charge is 0.187 e. The van der Waals surface area contributed by atoms with Crippen molar-refractivity contribution in [3.63, 3.8) is 0 Å². The fraction of sp³-hybridized carbons (Fsp3) is 0.0755. The summed E-state index contributed by atoms with van der Waals surface area (Å²) in [6.45, 7) is 16.4. The van der Waals surface area contributed by atoms with Crippen molar-refractivity contribution in [3.8, 4) is 67.8 Å². The topological polar surface area (TPSA) is 51.9 Å². The van der Waals surface area contributed by atoms with Crippen LogP contribution in [0.3, 0.4) is 0 Å². The van der Waals surface area contributed by atoms with Gasteiger partial charge in [0, 0.05) is 0 Å². The summed E-state index contributed by atoms with van der Waals surface area (Å²) >= 11 is 0. The molecule has 0 heterocycles. The molecule has 3 heteroatoms. The van der Waals surface area contributed by atoms with E-state index in [1.807, 2.05) is 42.5 Å². The molecule has 0 bridgehead atoms. The van der Waals surface area contributed by atoms with E-state index in [4.69, 9.17) is 6.57 Å². The highest BCUT2D eigenvalue weighted by Crippen LogP contribution is 2.53. The molecule has 0 N–H and O–H groups in total. The molecule has 0 fully saturated rings. The zero-order valence-electron chi connectivity index (χ0n) is 31.5. The van der Waals surface area contributed by atoms with Crippen LogP contribution >= 0.6 is 0 Å². The van der Waals surface area contributed by atoms with Gasteiger partial charge in [-0.2, -0.15) is 10.5 Å². The molecule has 0 aliphatic heterocycles. The number of nitrogens with zero attached hydrogens (tertiary/aromatic N) is 3. The van der Waals surface area contributed by atoms with Crippen molar-refractivity contribution >= 4 is 48.8 Å². The van der Waals surface area contributed by atoms with Gasteiger partial charge in [-0.1, -0.05) is 72.8 Å². The lowest BCUT2D eigenvalue weighted by molar-refractivity contribution is 1.38. The number of rotatable bonds is 3. The van der Waals surface area contributed by atoms with E-state index in [0.717, 1.165) is 65.7 Å². The zero-order chi connectivity index (χ0) is 38.4. The van der Waals surface area contributed by atoms with E-state index in [2.05, 4.69) is 130 Å². The van der Waals surface area contributed by atoms with Crippen molar-refractivity contribution in [2.75, 3.05) is 0 Å². The quantitative estimate of drug-likeness (QED) is 0.135. The van der Waals surface area contributed by atoms with Gasteiger partial charge in [-0.15, -0.1) is 0 Å². The molecule has 0 saturated heterocycles. The first kappa shape index (κ1) is 33.1. The normalized spacial score (nSPS) is 11.5. The number of aryl methyl sites for hydroxylation is 4. The molecule has 0 aromatic heterocycles. The van der Waals surface area contributed by atoms with Gasteiger partial charge >= 0.3 is 0 Å². The first-order valence-corrected chi connectivity index (χ1v) is 18.8. The van der Waals surface area contributed by atoms with E-state index < -0.39 is 0 Å². The highest BCUT2D eigenvalue weighted by Gasteiger charge is 2.26. The van der Waals surface area contributed by atoms with E-state index in [1.54, 1.807) is 0 Å². The molecule has 9 aromatic carbocycles. The summed E-state index contributed by atoms with van der Waals surface area (Å²) in [5.74, 6) is 0. The van der Waals surface area contributed by atoms with Crippen LogP contribution in [0.1, 0.15) is 33.4 Å². The second-order valence-corrected chi connectivity index (χ2v) is 15.2. The first-order chi connectivity index (χ1) is 27.3. The third-order valence-electron chi connectivity index (χ3n) is 12.0. The van der Waals surface area contributed by atoms with E-state index in [-0.39, 0.29) is 0 Å². The molecule has 3 nitrogen and oxygen atoms in total. The zero-order valence-corrected chi connectivity index (χ0v) is 31.5. The summed E-state index contributed by atoms with van der Waals surface area (Å²) < 4.78 is 0. The van der Waals surface area contributed by atoms with Crippen LogP contribution in [0.25, 0.3) is 104 Å². The van der Waals surface area contributed by atoms with Crippen molar-refractivity contribution in [3.05, 3.63) is 172 Å². The van der Waals surface area contributed by atoms with Gasteiger partial charge < -0.3 is 0 Å². The Kier molecular flexibility index (Phi) is 7.25. The van der Waals surface area contributed by atoms with Crippen LogP contribution in [0, 0.1) is 56.9 Å². The second-order valence-electron chi connectivity index (χ2n) is 15.2. The molecule has 0 spiro atoms. The van der Waals surface area contributed by atoms with Gasteiger partial charge in [-0.05, 0) is 203 Å². The molecule has 56 heavy (non-hydrogen) atoms. The third-order valence-corrected chi connectivity index (χ3v) is 12.0. The van der Waals surface area contributed by atoms with Gasteiger partial charge in [-0.25, -0.2) is 4.85 Å². The summed E-state index contributed by atoms with van der Waals surface area (Å²) in [4.78, 5) is 3.82. The van der Waals surface area contributed by atoms with Gasteiger partial charge in [-0.3, -0.25) is 0 Å². The molecule has 0 radical (unpaired) electrons. The van der Waals surface area contributed by atoms with Crippen LogP contribution in [0.5, 0.6) is 0 Å². The van der Waals surface area contributed by atoms with Crippen molar-refractivity contribution in [2.45, 2.75) is 27.7 Å². The Balaban J connectivity index is 1.35. The predicted octanol–water partition coefficient (Wildman–Crippen LogP) is 14.5. The predicted molar refractivity (Wildman–Crippen MR) is 232 cm³/mol. The molecule has 1 aliphatic carbocycles. The summed E-state index contributed by atoms with van der Waals surface area (Å²) in [5.41, 5.74) is 18.1. The molecule has 0 atom stereocenters. The number of hydrogen-bond acceptors (Lipinski definition) is 2. The molecule has 260 valence electrons. The lowest BCUT2D eigenvalue weighted by Gasteiger charge is -2.19. The average molecular weight is 712 g/mol. The Hall–Kier alpha value is -7.51. The summed E-state index contributed by atoms with van der Waals surface area (Å²) in [7, 11) is 0. The maximum Gasteiger partial charge on any atom is 0.187 e. The second kappa shape index (κ2) is 12.3. The van der Waals surface area contributed by atoms with Crippen molar-refractivity contribution < 1.29 is 0 Å². The SMILES string of the molecule is [C-]#[N+]c1ccc2c(c1)c(-c1ccc(C#N)cc1C)cc1c3cc4c(cc3c(-c3ccc(C#N)cc3C)cc21)-c1cccc2c(-c3c(C)cccc3C)ccc-4c12. The Morgan fingerprint density at radius 3 is 1.50 bits per heavy atom. The van der Waals surface area contributed by atoms with Crippen molar-refractivity contribution in [1.82, 2.24) is 0 Å². The molecule has 9 aromatic rings. The van der Waals surface area contributed by atoms with Crippen LogP contribution in [0.4, 0.5) is 5.69 Å². The summed E-state index contributed by atoms with van der Waals surface area (Å²) in [6, 6.07) is 49.7. The van der Waals surface area contributed by atoms with Crippen LogP contribution in [-0.4, -0.2) is 0 Å². The number of hydrogen-bond donors (Lipinski definition) is 0. The molecule has 0 unspecified atom stereocenters. The van der Waals surface area contributed by atoms with E-state index >= 15 is 0 Å². The third kappa shape index (κ3) is 4.74. The molecule has 1 aliphatic rings. The minimum absolute atomic E-state index is 0.581. The Bertz CT molecular complexity index is 3360. The first-order valence-electron chi connectivity index (χ1n) is 18.8. The Morgan fingerprint density at radius 2 is 0.893 bits per heavy atom. The monoisotopic (exact) mass is 711 g/mol. The minimum atomic E-state index is 0.581. The molecule has 0 amide bonds. The largest absolute Gasteiger partial charge is 0.238 e. The van der Waals surface area contributed by atoms with Crippen LogP contribution in [0.2, 0.25) is 0 Å². The highest BCUT2D eigenvalue weighted by atomic mass is 14.6.